The number of benzene rings is 2. The summed E-state index contributed by atoms with van der Waals surface area (Å²) in [7, 11) is 0. The monoisotopic (exact) mass is 368 g/mol. The van der Waals surface area contributed by atoms with Gasteiger partial charge in [-0.15, -0.1) is 0 Å². The third kappa shape index (κ3) is 3.64. The lowest BCUT2D eigenvalue weighted by atomic mass is 10.1. The first-order valence-electron chi connectivity index (χ1n) is 7.44. The van der Waals surface area contributed by atoms with Crippen LogP contribution in [0.2, 0.25) is 10.0 Å². The molecule has 0 aromatic heterocycles. The lowest BCUT2D eigenvalue weighted by Crippen LogP contribution is -2.36. The zero-order valence-electron chi connectivity index (χ0n) is 12.7. The maximum atomic E-state index is 13.6. The van der Waals surface area contributed by atoms with E-state index in [0.717, 1.165) is 24.8 Å². The van der Waals surface area contributed by atoms with Crippen molar-refractivity contribution in [2.45, 2.75) is 0 Å². The molecule has 2 aromatic carbocycles. The average Bonchev–Trinajstić information content (AvgIpc) is 2.59. The van der Waals surface area contributed by atoms with E-state index in [4.69, 9.17) is 27.9 Å². The topological polar surface area (TPSA) is 41.6 Å². The van der Waals surface area contributed by atoms with Crippen molar-refractivity contribution in [2.75, 3.05) is 36.5 Å². The third-order valence-corrected chi connectivity index (χ3v) is 4.36. The number of rotatable bonds is 3. The van der Waals surface area contributed by atoms with Crippen molar-refractivity contribution < 1.29 is 13.9 Å². The van der Waals surface area contributed by atoms with Crippen molar-refractivity contribution in [3.05, 3.63) is 57.8 Å². The molecule has 126 valence electrons. The molecule has 7 heteroatoms. The number of carbonyl (C=O) groups excluding carboxylic acids is 1. The van der Waals surface area contributed by atoms with E-state index in [0.29, 0.717) is 18.9 Å². The summed E-state index contributed by atoms with van der Waals surface area (Å²) < 4.78 is 19.0. The second-order valence-corrected chi connectivity index (χ2v) is 6.13. The molecule has 0 unspecified atom stereocenters. The minimum atomic E-state index is -0.687. The predicted molar refractivity (Wildman–Crippen MR) is 93.8 cm³/mol. The van der Waals surface area contributed by atoms with E-state index in [1.54, 1.807) is 6.07 Å². The van der Waals surface area contributed by atoms with Gasteiger partial charge in [0.1, 0.15) is 5.82 Å². The predicted octanol–water partition coefficient (Wildman–Crippen LogP) is 4.22. The molecule has 0 aliphatic carbocycles. The summed E-state index contributed by atoms with van der Waals surface area (Å²) in [5, 5.41) is 2.78. The number of hydrogen-bond donors (Lipinski definition) is 1. The van der Waals surface area contributed by atoms with Gasteiger partial charge in [-0.2, -0.15) is 0 Å². The highest BCUT2D eigenvalue weighted by atomic mass is 35.5. The number of morpholine rings is 1. The van der Waals surface area contributed by atoms with Crippen LogP contribution in [0.15, 0.2) is 36.4 Å². The minimum absolute atomic E-state index is 0.0374. The highest BCUT2D eigenvalue weighted by molar-refractivity contribution is 6.37. The summed E-state index contributed by atoms with van der Waals surface area (Å²) in [6.45, 7) is 2.75. The van der Waals surface area contributed by atoms with E-state index in [1.165, 1.54) is 6.07 Å². The Balaban J connectivity index is 1.86. The van der Waals surface area contributed by atoms with E-state index in [1.807, 2.05) is 18.2 Å². The van der Waals surface area contributed by atoms with Crippen LogP contribution in [-0.2, 0) is 4.74 Å². The summed E-state index contributed by atoms with van der Waals surface area (Å²) in [5.74, 6) is -1.18. The van der Waals surface area contributed by atoms with Crippen LogP contribution in [0.3, 0.4) is 0 Å². The van der Waals surface area contributed by atoms with Crippen LogP contribution in [0.1, 0.15) is 10.4 Å². The molecule has 4 nitrogen and oxygen atoms in total. The first kappa shape index (κ1) is 17.0. The molecule has 3 rings (SSSR count). The van der Waals surface area contributed by atoms with Crippen molar-refractivity contribution in [1.29, 1.82) is 0 Å². The van der Waals surface area contributed by atoms with Crippen molar-refractivity contribution in [1.82, 2.24) is 0 Å². The number of nitrogens with one attached hydrogen (secondary N) is 1. The van der Waals surface area contributed by atoms with Gasteiger partial charge in [0.25, 0.3) is 5.91 Å². The molecule has 0 spiro atoms. The van der Waals surface area contributed by atoms with E-state index in [9.17, 15) is 9.18 Å². The van der Waals surface area contributed by atoms with Gasteiger partial charge in [-0.25, -0.2) is 4.39 Å². The zero-order chi connectivity index (χ0) is 17.1. The average molecular weight is 369 g/mol. The van der Waals surface area contributed by atoms with Gasteiger partial charge in [-0.05, 0) is 24.3 Å². The summed E-state index contributed by atoms with van der Waals surface area (Å²) in [6.07, 6.45) is 0. The molecule has 1 aliphatic heterocycles. The number of ether oxygens (including phenoxy) is 1. The largest absolute Gasteiger partial charge is 0.378 e. The molecule has 2 aromatic rings. The Morgan fingerprint density at radius 2 is 1.83 bits per heavy atom. The molecule has 0 saturated carbocycles. The number of hydrogen-bond acceptors (Lipinski definition) is 3. The second kappa shape index (κ2) is 7.38. The molecule has 1 N–H and O–H groups in total. The van der Waals surface area contributed by atoms with Crippen molar-refractivity contribution in [3.63, 3.8) is 0 Å². The zero-order valence-corrected chi connectivity index (χ0v) is 14.2. The van der Waals surface area contributed by atoms with Gasteiger partial charge in [0.15, 0.2) is 0 Å². The molecule has 1 heterocycles. The van der Waals surface area contributed by atoms with Crippen molar-refractivity contribution in [3.8, 4) is 0 Å². The first-order valence-corrected chi connectivity index (χ1v) is 8.19. The Morgan fingerprint density at radius 1 is 1.12 bits per heavy atom. The summed E-state index contributed by atoms with van der Waals surface area (Å²) in [4.78, 5) is 14.6. The molecule has 1 saturated heterocycles. The van der Waals surface area contributed by atoms with Gasteiger partial charge < -0.3 is 15.0 Å². The number of anilines is 2. The van der Waals surface area contributed by atoms with Gasteiger partial charge in [0.2, 0.25) is 0 Å². The number of para-hydroxylation sites is 2. The summed E-state index contributed by atoms with van der Waals surface area (Å²) in [5.41, 5.74) is 1.56. The smallest absolute Gasteiger partial charge is 0.257 e. The van der Waals surface area contributed by atoms with E-state index >= 15 is 0 Å². The molecular formula is C17H15Cl2FN2O2. The maximum absolute atomic E-state index is 13.6. The standard InChI is InChI=1S/C17H15Cl2FN2O2/c18-12-10-13(19)14(20)9-11(12)17(23)21-15-3-1-2-4-16(15)22-5-7-24-8-6-22/h1-4,9-10H,5-8H2,(H,21,23). The van der Waals surface area contributed by atoms with Gasteiger partial charge in [-0.1, -0.05) is 35.3 Å². The minimum Gasteiger partial charge on any atom is -0.378 e. The van der Waals surface area contributed by atoms with Crippen LogP contribution >= 0.6 is 23.2 Å². The number of halogens is 3. The van der Waals surface area contributed by atoms with Crippen LogP contribution in [-0.4, -0.2) is 32.2 Å². The van der Waals surface area contributed by atoms with Gasteiger partial charge in [-0.3, -0.25) is 4.79 Å². The van der Waals surface area contributed by atoms with E-state index in [-0.39, 0.29) is 15.6 Å². The van der Waals surface area contributed by atoms with E-state index in [2.05, 4.69) is 10.2 Å². The molecule has 0 atom stereocenters. The Kier molecular flexibility index (Phi) is 5.23. The molecule has 1 amide bonds. The number of carbonyl (C=O) groups is 1. The number of amides is 1. The molecule has 24 heavy (non-hydrogen) atoms. The lowest BCUT2D eigenvalue weighted by molar-refractivity contribution is 0.102. The van der Waals surface area contributed by atoms with Gasteiger partial charge in [0, 0.05) is 13.1 Å². The Morgan fingerprint density at radius 3 is 2.58 bits per heavy atom. The molecule has 0 bridgehead atoms. The highest BCUT2D eigenvalue weighted by Gasteiger charge is 2.18. The normalized spacial score (nSPS) is 14.5. The van der Waals surface area contributed by atoms with E-state index < -0.39 is 11.7 Å². The van der Waals surface area contributed by atoms with Crippen molar-refractivity contribution >= 4 is 40.5 Å². The quantitative estimate of drug-likeness (QED) is 0.824. The lowest BCUT2D eigenvalue weighted by Gasteiger charge is -2.30. The third-order valence-electron chi connectivity index (χ3n) is 3.76. The van der Waals surface area contributed by atoms with Gasteiger partial charge in [0.05, 0.1) is 40.2 Å². The highest BCUT2D eigenvalue weighted by Crippen LogP contribution is 2.29. The van der Waals surface area contributed by atoms with Crippen molar-refractivity contribution in [2.24, 2.45) is 0 Å². The number of nitrogens with zero attached hydrogens (tertiary/aromatic N) is 1. The molecule has 1 fully saturated rings. The fourth-order valence-corrected chi connectivity index (χ4v) is 3.01. The molecule has 1 aliphatic rings. The van der Waals surface area contributed by atoms with Crippen LogP contribution in [0.25, 0.3) is 0 Å². The summed E-state index contributed by atoms with van der Waals surface area (Å²) in [6, 6.07) is 9.70. The Bertz CT molecular complexity index is 764. The second-order valence-electron chi connectivity index (χ2n) is 5.32. The van der Waals surface area contributed by atoms with Crippen LogP contribution in [0.4, 0.5) is 15.8 Å². The van der Waals surface area contributed by atoms with Gasteiger partial charge >= 0.3 is 0 Å². The molecule has 0 radical (unpaired) electrons. The summed E-state index contributed by atoms with van der Waals surface area (Å²) >= 11 is 11.7. The Hall–Kier alpha value is -1.82. The maximum Gasteiger partial charge on any atom is 0.257 e. The SMILES string of the molecule is O=C(Nc1ccccc1N1CCOCC1)c1cc(F)c(Cl)cc1Cl. The van der Waals surface area contributed by atoms with Crippen LogP contribution in [0, 0.1) is 5.82 Å². The molecular weight excluding hydrogens is 354 g/mol. The Labute approximate surface area is 149 Å². The fourth-order valence-electron chi connectivity index (χ4n) is 2.55. The van der Waals surface area contributed by atoms with Crippen LogP contribution < -0.4 is 10.2 Å². The fraction of sp³-hybridized carbons (Fsp3) is 0.235. The first-order chi connectivity index (χ1) is 11.6. The van der Waals surface area contributed by atoms with Crippen LogP contribution in [0.5, 0.6) is 0 Å².